The Balaban J connectivity index is 1.71. The van der Waals surface area contributed by atoms with Crippen LogP contribution in [0.3, 0.4) is 0 Å². The Bertz CT molecular complexity index is 1010. The van der Waals surface area contributed by atoms with E-state index >= 15 is 0 Å². The van der Waals surface area contributed by atoms with Crippen LogP contribution in [-0.2, 0) is 0 Å². The lowest BCUT2D eigenvalue weighted by Gasteiger charge is -2.17. The van der Waals surface area contributed by atoms with E-state index in [0.717, 1.165) is 31.6 Å². The number of nitrogens with zero attached hydrogens (tertiary/aromatic N) is 4. The number of phenols is 2. The van der Waals surface area contributed by atoms with Gasteiger partial charge >= 0.3 is 0 Å². The molecule has 0 spiro atoms. The Hall–Kier alpha value is -3.39. The van der Waals surface area contributed by atoms with Crippen molar-refractivity contribution in [3.63, 3.8) is 0 Å². The number of ketones is 1. The van der Waals surface area contributed by atoms with Gasteiger partial charge in [0.25, 0.3) is 0 Å². The third-order valence-corrected chi connectivity index (χ3v) is 5.16. The van der Waals surface area contributed by atoms with Crippen molar-refractivity contribution in [1.82, 2.24) is 19.9 Å². The number of hydrogen-bond donors (Lipinski definition) is 3. The number of nitrogens with two attached hydrogens (primary N) is 1. The van der Waals surface area contributed by atoms with Gasteiger partial charge in [-0.2, -0.15) is 4.68 Å². The molecule has 1 heterocycles. The molecule has 0 saturated heterocycles. The van der Waals surface area contributed by atoms with Crippen LogP contribution in [0, 0.1) is 0 Å². The minimum Gasteiger partial charge on any atom is -0.504 e. The van der Waals surface area contributed by atoms with Crippen LogP contribution in [0.15, 0.2) is 42.5 Å². The second-order valence-corrected chi connectivity index (χ2v) is 7.04. The molecule has 0 radical (unpaired) electrons. The summed E-state index contributed by atoms with van der Waals surface area (Å²) in [5, 5.41) is 27.3. The van der Waals surface area contributed by atoms with E-state index in [2.05, 4.69) is 29.1 Å². The number of hydrogen-bond acceptors (Lipinski definition) is 7. The lowest BCUT2D eigenvalue weighted by atomic mass is 10.0. The smallest absolute Gasteiger partial charge is 0.162 e. The Kier molecular flexibility index (Phi) is 6.68. The van der Waals surface area contributed by atoms with E-state index in [9.17, 15) is 15.0 Å². The molecule has 4 N–H and O–H groups in total. The number of phenolic OH excluding ortho intramolecular Hbond substituents is 2. The number of aromatic nitrogens is 3. The second-order valence-electron chi connectivity index (χ2n) is 7.04. The Morgan fingerprint density at radius 1 is 1.07 bits per heavy atom. The molecule has 0 saturated carbocycles. The predicted molar refractivity (Wildman–Crippen MR) is 116 cm³/mol. The second kappa shape index (κ2) is 9.41. The summed E-state index contributed by atoms with van der Waals surface area (Å²) in [7, 11) is 0. The fourth-order valence-corrected chi connectivity index (χ4v) is 3.29. The van der Waals surface area contributed by atoms with Gasteiger partial charge in [-0.05, 0) is 38.2 Å². The highest BCUT2D eigenvalue weighted by Gasteiger charge is 2.15. The molecular formula is C22H27N5O3. The quantitative estimate of drug-likeness (QED) is 0.367. The molecule has 0 aliphatic heterocycles. The number of carbonyl (C=O) groups is 1. The van der Waals surface area contributed by atoms with Gasteiger partial charge in [-0.1, -0.05) is 43.3 Å². The van der Waals surface area contributed by atoms with E-state index in [1.54, 1.807) is 30.3 Å². The van der Waals surface area contributed by atoms with E-state index in [4.69, 9.17) is 5.73 Å². The summed E-state index contributed by atoms with van der Waals surface area (Å²) in [6, 6.07) is 11.4. The first-order valence-electron chi connectivity index (χ1n) is 10.0. The molecule has 8 heteroatoms. The lowest BCUT2D eigenvalue weighted by Crippen LogP contribution is -2.24. The highest BCUT2D eigenvalue weighted by molar-refractivity contribution is 5.96. The van der Waals surface area contributed by atoms with Crippen LogP contribution in [0.25, 0.3) is 16.9 Å². The largest absolute Gasteiger partial charge is 0.504 e. The number of Topliss-reactive ketones (excluding diaryl/α,β-unsaturated/α-hetero) is 1. The van der Waals surface area contributed by atoms with Crippen molar-refractivity contribution in [2.45, 2.75) is 26.7 Å². The maximum absolute atomic E-state index is 12.4. The van der Waals surface area contributed by atoms with E-state index in [0.29, 0.717) is 29.2 Å². The minimum atomic E-state index is -0.271. The zero-order chi connectivity index (χ0) is 21.7. The molecule has 30 heavy (non-hydrogen) atoms. The monoisotopic (exact) mass is 409 g/mol. The van der Waals surface area contributed by atoms with Crippen LogP contribution in [-0.4, -0.2) is 55.5 Å². The fraction of sp³-hybridized carbons (Fsp3) is 0.318. The topological polar surface area (TPSA) is 118 Å². The fourth-order valence-electron chi connectivity index (χ4n) is 3.29. The van der Waals surface area contributed by atoms with Crippen LogP contribution < -0.4 is 5.73 Å². The van der Waals surface area contributed by atoms with Crippen molar-refractivity contribution in [1.29, 1.82) is 0 Å². The Morgan fingerprint density at radius 2 is 1.77 bits per heavy atom. The first-order valence-corrected chi connectivity index (χ1v) is 10.0. The number of benzene rings is 2. The van der Waals surface area contributed by atoms with Crippen molar-refractivity contribution < 1.29 is 15.0 Å². The SMILES string of the molecule is CCN(CC)CCCC(=O)c1ccc(-c2nnn(-c3ccc(O)c(O)c3)c2N)cc1. The molecule has 1 aromatic heterocycles. The first kappa shape index (κ1) is 21.3. The number of rotatable bonds is 9. The Morgan fingerprint density at radius 3 is 2.40 bits per heavy atom. The minimum absolute atomic E-state index is 0.116. The summed E-state index contributed by atoms with van der Waals surface area (Å²) in [6.45, 7) is 7.15. The van der Waals surface area contributed by atoms with Crippen molar-refractivity contribution in [3.8, 4) is 28.4 Å². The summed E-state index contributed by atoms with van der Waals surface area (Å²) in [5.41, 5.74) is 8.54. The van der Waals surface area contributed by atoms with Gasteiger partial charge < -0.3 is 20.8 Å². The molecule has 2 aromatic carbocycles. The molecule has 0 unspecified atom stereocenters. The molecule has 0 bridgehead atoms. The summed E-state index contributed by atoms with van der Waals surface area (Å²) in [6.07, 6.45) is 1.35. The normalized spacial score (nSPS) is 11.2. The lowest BCUT2D eigenvalue weighted by molar-refractivity contribution is 0.0975. The van der Waals surface area contributed by atoms with Gasteiger partial charge in [0.05, 0.1) is 5.69 Å². The highest BCUT2D eigenvalue weighted by Crippen LogP contribution is 2.30. The average molecular weight is 409 g/mol. The molecule has 3 aromatic rings. The van der Waals surface area contributed by atoms with Gasteiger partial charge in [-0.25, -0.2) is 0 Å². The van der Waals surface area contributed by atoms with E-state index in [1.165, 1.54) is 16.8 Å². The number of aromatic hydroxyl groups is 2. The molecule has 0 fully saturated rings. The molecule has 0 aliphatic rings. The molecule has 8 nitrogen and oxygen atoms in total. The van der Waals surface area contributed by atoms with Gasteiger partial charge in [-0.3, -0.25) is 4.79 Å². The summed E-state index contributed by atoms with van der Waals surface area (Å²) >= 11 is 0. The molecule has 3 rings (SSSR count). The zero-order valence-corrected chi connectivity index (χ0v) is 17.2. The highest BCUT2D eigenvalue weighted by atomic mass is 16.3. The van der Waals surface area contributed by atoms with Crippen LogP contribution in [0.4, 0.5) is 5.82 Å². The van der Waals surface area contributed by atoms with Crippen LogP contribution in [0.5, 0.6) is 11.5 Å². The zero-order valence-electron chi connectivity index (χ0n) is 17.2. The van der Waals surface area contributed by atoms with Crippen LogP contribution >= 0.6 is 0 Å². The standard InChI is InChI=1S/C22H27N5O3/c1-3-26(4-2)13-5-6-18(28)15-7-9-16(10-8-15)21-22(23)27(25-24-21)17-11-12-19(29)20(30)14-17/h7-12,14,29-30H,3-6,13,23H2,1-2H3. The summed E-state index contributed by atoms with van der Waals surface area (Å²) < 4.78 is 1.38. The third kappa shape index (κ3) is 4.60. The molecule has 158 valence electrons. The maximum Gasteiger partial charge on any atom is 0.162 e. The third-order valence-electron chi connectivity index (χ3n) is 5.16. The van der Waals surface area contributed by atoms with E-state index in [1.807, 2.05) is 0 Å². The number of carbonyl (C=O) groups excluding carboxylic acids is 1. The Labute approximate surface area is 175 Å². The maximum atomic E-state index is 12.4. The van der Waals surface area contributed by atoms with E-state index in [-0.39, 0.29) is 17.3 Å². The van der Waals surface area contributed by atoms with Crippen molar-refractivity contribution in [3.05, 3.63) is 48.0 Å². The van der Waals surface area contributed by atoms with Crippen molar-refractivity contribution in [2.75, 3.05) is 25.4 Å². The van der Waals surface area contributed by atoms with Gasteiger partial charge in [0.2, 0.25) is 0 Å². The molecule has 0 atom stereocenters. The van der Waals surface area contributed by atoms with Gasteiger partial charge in [0, 0.05) is 23.6 Å². The van der Waals surface area contributed by atoms with Crippen LogP contribution in [0.1, 0.15) is 37.0 Å². The number of nitrogen functional groups attached to an aromatic ring is 1. The van der Waals surface area contributed by atoms with E-state index < -0.39 is 0 Å². The summed E-state index contributed by atoms with van der Waals surface area (Å²) in [4.78, 5) is 14.7. The molecule has 0 aliphatic carbocycles. The molecular weight excluding hydrogens is 382 g/mol. The average Bonchev–Trinajstić information content (AvgIpc) is 3.14. The predicted octanol–water partition coefficient (Wildman–Crippen LogP) is 3.23. The molecule has 0 amide bonds. The van der Waals surface area contributed by atoms with Crippen LogP contribution in [0.2, 0.25) is 0 Å². The van der Waals surface area contributed by atoms with Crippen molar-refractivity contribution >= 4 is 11.6 Å². The van der Waals surface area contributed by atoms with Crippen molar-refractivity contribution in [2.24, 2.45) is 0 Å². The van der Waals surface area contributed by atoms with Gasteiger partial charge in [-0.15, -0.1) is 5.10 Å². The summed E-state index contributed by atoms with van der Waals surface area (Å²) in [5.74, 6) is -0.0916. The van der Waals surface area contributed by atoms with Gasteiger partial charge in [0.1, 0.15) is 5.69 Å². The van der Waals surface area contributed by atoms with Gasteiger partial charge in [0.15, 0.2) is 23.1 Å². The number of anilines is 1. The first-order chi connectivity index (χ1) is 14.4.